The van der Waals surface area contributed by atoms with Crippen LogP contribution in [0.25, 0.3) is 0 Å². The average molecular weight is 295 g/mol. The molecule has 21 heavy (non-hydrogen) atoms. The first-order valence-electron chi connectivity index (χ1n) is 7.98. The highest BCUT2D eigenvalue weighted by Crippen LogP contribution is 2.41. The molecular formula is C17H23F2NO. The van der Waals surface area contributed by atoms with Crippen LogP contribution in [0.4, 0.5) is 8.78 Å². The van der Waals surface area contributed by atoms with Crippen molar-refractivity contribution in [2.45, 2.75) is 56.6 Å². The second-order valence-electron chi connectivity index (χ2n) is 6.50. The summed E-state index contributed by atoms with van der Waals surface area (Å²) in [7, 11) is 0. The van der Waals surface area contributed by atoms with Crippen LogP contribution in [0.3, 0.4) is 0 Å². The maximum Gasteiger partial charge on any atom is 0.126 e. The molecule has 0 bridgehead atoms. The van der Waals surface area contributed by atoms with E-state index in [2.05, 4.69) is 4.90 Å². The Hall–Kier alpha value is -1.00. The highest BCUT2D eigenvalue weighted by Gasteiger charge is 2.45. The van der Waals surface area contributed by atoms with Crippen molar-refractivity contribution < 1.29 is 13.9 Å². The van der Waals surface area contributed by atoms with Crippen molar-refractivity contribution in [3.8, 4) is 0 Å². The smallest absolute Gasteiger partial charge is 0.126 e. The molecule has 1 heterocycles. The fourth-order valence-electron chi connectivity index (χ4n) is 4.15. The standard InChI is InChI=1S/C17H23F2NO/c18-14-9-13(10-15(19)12-14)11-16(21)17(5-1-2-6-17)20-7-3-4-8-20/h9-10,12,16,21H,1-8,11H2. The molecule has 1 saturated heterocycles. The van der Waals surface area contributed by atoms with Crippen LogP contribution in [-0.4, -0.2) is 34.7 Å². The molecular weight excluding hydrogens is 272 g/mol. The van der Waals surface area contributed by atoms with Crippen LogP contribution in [0.1, 0.15) is 44.1 Å². The van der Waals surface area contributed by atoms with Gasteiger partial charge in [-0.15, -0.1) is 0 Å². The van der Waals surface area contributed by atoms with Gasteiger partial charge in [0.25, 0.3) is 0 Å². The topological polar surface area (TPSA) is 23.5 Å². The summed E-state index contributed by atoms with van der Waals surface area (Å²) in [6, 6.07) is 3.54. The molecule has 0 radical (unpaired) electrons. The third-order valence-electron chi connectivity index (χ3n) is 5.18. The Kier molecular flexibility index (Phi) is 4.27. The largest absolute Gasteiger partial charge is 0.391 e. The zero-order valence-electron chi connectivity index (χ0n) is 12.3. The van der Waals surface area contributed by atoms with Gasteiger partial charge in [-0.3, -0.25) is 4.90 Å². The van der Waals surface area contributed by atoms with Crippen molar-refractivity contribution in [3.63, 3.8) is 0 Å². The van der Waals surface area contributed by atoms with E-state index in [9.17, 15) is 13.9 Å². The molecule has 1 saturated carbocycles. The molecule has 0 spiro atoms. The lowest BCUT2D eigenvalue weighted by atomic mass is 9.85. The van der Waals surface area contributed by atoms with Crippen molar-refractivity contribution in [1.29, 1.82) is 0 Å². The Morgan fingerprint density at radius 1 is 1.00 bits per heavy atom. The summed E-state index contributed by atoms with van der Waals surface area (Å²) in [4.78, 5) is 2.42. The number of aliphatic hydroxyl groups is 1. The summed E-state index contributed by atoms with van der Waals surface area (Å²) in [5.41, 5.74) is 0.365. The van der Waals surface area contributed by atoms with Gasteiger partial charge in [-0.2, -0.15) is 0 Å². The lowest BCUT2D eigenvalue weighted by molar-refractivity contribution is -0.0172. The summed E-state index contributed by atoms with van der Waals surface area (Å²) in [5, 5.41) is 10.8. The van der Waals surface area contributed by atoms with E-state index in [-0.39, 0.29) is 5.54 Å². The second-order valence-corrected chi connectivity index (χ2v) is 6.50. The molecule has 1 aromatic carbocycles. The van der Waals surface area contributed by atoms with Gasteiger partial charge in [0, 0.05) is 18.0 Å². The first-order valence-corrected chi connectivity index (χ1v) is 7.98. The van der Waals surface area contributed by atoms with Gasteiger partial charge >= 0.3 is 0 Å². The first kappa shape index (κ1) is 14.9. The van der Waals surface area contributed by atoms with E-state index in [1.807, 2.05) is 0 Å². The molecule has 3 rings (SSSR count). The summed E-state index contributed by atoms with van der Waals surface area (Å²) in [6.07, 6.45) is 6.38. The summed E-state index contributed by atoms with van der Waals surface area (Å²) in [5.74, 6) is -1.14. The maximum atomic E-state index is 13.3. The summed E-state index contributed by atoms with van der Waals surface area (Å²) < 4.78 is 26.6. The number of rotatable bonds is 4. The minimum Gasteiger partial charge on any atom is -0.391 e. The Morgan fingerprint density at radius 2 is 1.57 bits per heavy atom. The third-order valence-corrected chi connectivity index (χ3v) is 5.18. The molecule has 2 fully saturated rings. The molecule has 1 aliphatic heterocycles. The zero-order chi connectivity index (χ0) is 14.9. The lowest BCUT2D eigenvalue weighted by Gasteiger charge is -2.42. The van der Waals surface area contributed by atoms with Crippen LogP contribution in [0, 0.1) is 11.6 Å². The predicted octanol–water partition coefficient (Wildman–Crippen LogP) is 3.28. The van der Waals surface area contributed by atoms with Gasteiger partial charge < -0.3 is 5.11 Å². The molecule has 1 unspecified atom stereocenters. The van der Waals surface area contributed by atoms with Gasteiger partial charge in [0.15, 0.2) is 0 Å². The number of nitrogens with zero attached hydrogens (tertiary/aromatic N) is 1. The molecule has 1 aliphatic carbocycles. The zero-order valence-corrected chi connectivity index (χ0v) is 12.3. The van der Waals surface area contributed by atoms with Crippen molar-refractivity contribution in [3.05, 3.63) is 35.4 Å². The van der Waals surface area contributed by atoms with Crippen LogP contribution in [-0.2, 0) is 6.42 Å². The van der Waals surface area contributed by atoms with Crippen LogP contribution in [0.15, 0.2) is 18.2 Å². The minimum atomic E-state index is -0.571. The Labute approximate surface area is 124 Å². The molecule has 1 aromatic rings. The van der Waals surface area contributed by atoms with Crippen molar-refractivity contribution in [2.75, 3.05) is 13.1 Å². The van der Waals surface area contributed by atoms with Crippen LogP contribution in [0.5, 0.6) is 0 Å². The van der Waals surface area contributed by atoms with Gasteiger partial charge in [0.1, 0.15) is 11.6 Å². The highest BCUT2D eigenvalue weighted by molar-refractivity contribution is 5.20. The normalized spacial score (nSPS) is 23.6. The number of likely N-dealkylation sites (tertiary alicyclic amines) is 1. The van der Waals surface area contributed by atoms with Gasteiger partial charge in [-0.05, 0) is 56.5 Å². The first-order chi connectivity index (χ1) is 10.1. The predicted molar refractivity (Wildman–Crippen MR) is 78.1 cm³/mol. The molecule has 2 nitrogen and oxygen atoms in total. The fraction of sp³-hybridized carbons (Fsp3) is 0.647. The van der Waals surface area contributed by atoms with Crippen molar-refractivity contribution in [2.24, 2.45) is 0 Å². The van der Waals surface area contributed by atoms with E-state index in [1.54, 1.807) is 0 Å². The van der Waals surface area contributed by atoms with Crippen LogP contribution in [0.2, 0.25) is 0 Å². The molecule has 4 heteroatoms. The average Bonchev–Trinajstić information content (AvgIpc) is 3.09. The monoisotopic (exact) mass is 295 g/mol. The quantitative estimate of drug-likeness (QED) is 0.921. The number of benzene rings is 1. The highest BCUT2D eigenvalue weighted by atomic mass is 19.1. The Morgan fingerprint density at radius 3 is 2.14 bits per heavy atom. The molecule has 0 amide bonds. The van der Waals surface area contributed by atoms with E-state index in [1.165, 1.54) is 25.0 Å². The Bertz CT molecular complexity index is 473. The number of hydrogen-bond donors (Lipinski definition) is 1. The number of hydrogen-bond acceptors (Lipinski definition) is 2. The summed E-state index contributed by atoms with van der Waals surface area (Å²) >= 11 is 0. The van der Waals surface area contributed by atoms with Crippen LogP contribution >= 0.6 is 0 Å². The van der Waals surface area contributed by atoms with E-state index in [0.717, 1.165) is 44.8 Å². The van der Waals surface area contributed by atoms with E-state index < -0.39 is 17.7 Å². The second kappa shape index (κ2) is 6.01. The van der Waals surface area contributed by atoms with Crippen molar-refractivity contribution >= 4 is 0 Å². The SMILES string of the molecule is OC(Cc1cc(F)cc(F)c1)C1(N2CCCC2)CCCC1. The van der Waals surface area contributed by atoms with E-state index in [0.29, 0.717) is 12.0 Å². The van der Waals surface area contributed by atoms with Gasteiger partial charge in [0.2, 0.25) is 0 Å². The van der Waals surface area contributed by atoms with Gasteiger partial charge in [-0.25, -0.2) is 8.78 Å². The molecule has 0 aromatic heterocycles. The number of halogens is 2. The van der Waals surface area contributed by atoms with E-state index in [4.69, 9.17) is 0 Å². The minimum absolute atomic E-state index is 0.181. The summed E-state index contributed by atoms with van der Waals surface area (Å²) in [6.45, 7) is 2.07. The lowest BCUT2D eigenvalue weighted by Crippen LogP contribution is -2.54. The Balaban J connectivity index is 1.79. The van der Waals surface area contributed by atoms with Gasteiger partial charge in [-0.1, -0.05) is 12.8 Å². The molecule has 116 valence electrons. The third kappa shape index (κ3) is 2.97. The molecule has 1 N–H and O–H groups in total. The van der Waals surface area contributed by atoms with Crippen LogP contribution < -0.4 is 0 Å². The fourth-order valence-corrected chi connectivity index (χ4v) is 4.15. The van der Waals surface area contributed by atoms with Gasteiger partial charge in [0.05, 0.1) is 6.10 Å². The molecule has 2 aliphatic rings. The number of aliphatic hydroxyl groups excluding tert-OH is 1. The van der Waals surface area contributed by atoms with Crippen molar-refractivity contribution in [1.82, 2.24) is 4.90 Å². The maximum absolute atomic E-state index is 13.3. The molecule has 1 atom stereocenters. The van der Waals surface area contributed by atoms with E-state index >= 15 is 0 Å².